The smallest absolute Gasteiger partial charge is 0.178 e. The van der Waals surface area contributed by atoms with Gasteiger partial charge in [-0.25, -0.2) is 8.42 Å². The summed E-state index contributed by atoms with van der Waals surface area (Å²) in [5, 5.41) is 3.38. The lowest BCUT2D eigenvalue weighted by atomic mass is 9.97. The zero-order valence-corrected chi connectivity index (χ0v) is 13.8. The van der Waals surface area contributed by atoms with E-state index in [0.29, 0.717) is 11.3 Å². The zero-order chi connectivity index (χ0) is 15.3. The molecule has 5 heteroatoms. The van der Waals surface area contributed by atoms with E-state index in [1.54, 1.807) is 12.1 Å². The molecule has 21 heavy (non-hydrogen) atoms. The molecule has 1 aromatic rings. The third kappa shape index (κ3) is 4.45. The molecule has 0 amide bonds. The van der Waals surface area contributed by atoms with Crippen molar-refractivity contribution in [3.05, 3.63) is 24.3 Å². The summed E-state index contributed by atoms with van der Waals surface area (Å²) in [5.41, 5.74) is 1.09. The number of nitrogens with zero attached hydrogens (tertiary/aromatic N) is 1. The Labute approximate surface area is 128 Å². The van der Waals surface area contributed by atoms with Gasteiger partial charge in [0.25, 0.3) is 0 Å². The van der Waals surface area contributed by atoms with Gasteiger partial charge in [0.05, 0.1) is 10.6 Å². The molecule has 1 aromatic carbocycles. The Balaban J connectivity index is 2.01. The SMILES string of the molecule is CCCS(=O)(=O)c1ccc(N(C)CC2CCNCC2)cc1. The van der Waals surface area contributed by atoms with Crippen molar-refractivity contribution < 1.29 is 8.42 Å². The monoisotopic (exact) mass is 310 g/mol. The van der Waals surface area contributed by atoms with Crippen LogP contribution in [0.25, 0.3) is 0 Å². The van der Waals surface area contributed by atoms with E-state index in [2.05, 4.69) is 17.3 Å². The second-order valence-corrected chi connectivity index (χ2v) is 8.00. The Hall–Kier alpha value is -1.07. The number of nitrogens with one attached hydrogen (secondary N) is 1. The van der Waals surface area contributed by atoms with Crippen molar-refractivity contribution >= 4 is 15.5 Å². The van der Waals surface area contributed by atoms with Gasteiger partial charge < -0.3 is 10.2 Å². The van der Waals surface area contributed by atoms with Crippen LogP contribution in [0.3, 0.4) is 0 Å². The molecule has 1 N–H and O–H groups in total. The Kier molecular flexibility index (Phi) is 5.65. The summed E-state index contributed by atoms with van der Waals surface area (Å²) in [6.45, 7) is 5.13. The highest BCUT2D eigenvalue weighted by Crippen LogP contribution is 2.21. The Morgan fingerprint density at radius 3 is 2.38 bits per heavy atom. The topological polar surface area (TPSA) is 49.4 Å². The fraction of sp³-hybridized carbons (Fsp3) is 0.625. The molecule has 1 fully saturated rings. The first-order valence-electron chi connectivity index (χ1n) is 7.77. The van der Waals surface area contributed by atoms with Gasteiger partial charge in [-0.15, -0.1) is 0 Å². The number of benzene rings is 1. The molecule has 0 radical (unpaired) electrons. The fourth-order valence-corrected chi connectivity index (χ4v) is 4.18. The van der Waals surface area contributed by atoms with E-state index >= 15 is 0 Å². The predicted molar refractivity (Wildman–Crippen MR) is 87.6 cm³/mol. The van der Waals surface area contributed by atoms with E-state index in [0.717, 1.165) is 31.2 Å². The van der Waals surface area contributed by atoms with Crippen LogP contribution < -0.4 is 10.2 Å². The molecule has 2 rings (SSSR count). The zero-order valence-electron chi connectivity index (χ0n) is 13.0. The van der Waals surface area contributed by atoms with Gasteiger partial charge in [0.2, 0.25) is 0 Å². The van der Waals surface area contributed by atoms with Crippen LogP contribution in [-0.4, -0.2) is 40.9 Å². The van der Waals surface area contributed by atoms with Gasteiger partial charge in [0.15, 0.2) is 9.84 Å². The Morgan fingerprint density at radius 2 is 1.81 bits per heavy atom. The Morgan fingerprint density at radius 1 is 1.19 bits per heavy atom. The molecule has 4 nitrogen and oxygen atoms in total. The second-order valence-electron chi connectivity index (χ2n) is 5.89. The molecule has 0 spiro atoms. The second kappa shape index (κ2) is 7.27. The van der Waals surface area contributed by atoms with Gasteiger partial charge in [-0.2, -0.15) is 0 Å². The molecule has 0 atom stereocenters. The standard InChI is InChI=1S/C16H26N2O2S/c1-3-12-21(19,20)16-6-4-15(5-7-16)18(2)13-14-8-10-17-11-9-14/h4-7,14,17H,3,8-13H2,1-2H3. The van der Waals surface area contributed by atoms with E-state index in [1.807, 2.05) is 19.1 Å². The molecule has 1 aliphatic rings. The first-order chi connectivity index (χ1) is 10.0. The molecule has 0 unspecified atom stereocenters. The average molecular weight is 310 g/mol. The normalized spacial score (nSPS) is 16.9. The first kappa shape index (κ1) is 16.3. The number of rotatable bonds is 6. The lowest BCUT2D eigenvalue weighted by Gasteiger charge is -2.28. The number of hydrogen-bond donors (Lipinski definition) is 1. The fourth-order valence-electron chi connectivity index (χ4n) is 2.85. The first-order valence-corrected chi connectivity index (χ1v) is 9.43. The molecule has 0 aromatic heterocycles. The molecule has 1 heterocycles. The summed E-state index contributed by atoms with van der Waals surface area (Å²) in [6.07, 6.45) is 3.08. The van der Waals surface area contributed by atoms with Crippen molar-refractivity contribution in [2.24, 2.45) is 5.92 Å². The van der Waals surface area contributed by atoms with Crippen LogP contribution in [0.4, 0.5) is 5.69 Å². The maximum atomic E-state index is 12.0. The summed E-state index contributed by atoms with van der Waals surface area (Å²) in [4.78, 5) is 2.66. The summed E-state index contributed by atoms with van der Waals surface area (Å²) >= 11 is 0. The molecule has 0 aliphatic carbocycles. The minimum Gasteiger partial charge on any atom is -0.374 e. The third-order valence-electron chi connectivity index (χ3n) is 4.10. The van der Waals surface area contributed by atoms with Crippen LogP contribution in [0.5, 0.6) is 0 Å². The number of piperidine rings is 1. The van der Waals surface area contributed by atoms with E-state index in [9.17, 15) is 8.42 Å². The van der Waals surface area contributed by atoms with Crippen LogP contribution in [0, 0.1) is 5.92 Å². The van der Waals surface area contributed by atoms with Gasteiger partial charge in [0, 0.05) is 19.3 Å². The maximum absolute atomic E-state index is 12.0. The van der Waals surface area contributed by atoms with E-state index in [-0.39, 0.29) is 5.75 Å². The van der Waals surface area contributed by atoms with E-state index in [4.69, 9.17) is 0 Å². The summed E-state index contributed by atoms with van der Waals surface area (Å²) in [5.74, 6) is 0.941. The number of hydrogen-bond acceptors (Lipinski definition) is 4. The van der Waals surface area contributed by atoms with E-state index in [1.165, 1.54) is 12.8 Å². The highest BCUT2D eigenvalue weighted by molar-refractivity contribution is 7.91. The quantitative estimate of drug-likeness (QED) is 0.876. The predicted octanol–water partition coefficient (Wildman–Crippen LogP) is 2.31. The minimum atomic E-state index is -3.11. The largest absolute Gasteiger partial charge is 0.374 e. The molecule has 0 saturated carbocycles. The summed E-state index contributed by atoms with van der Waals surface area (Å²) < 4.78 is 24.0. The highest BCUT2D eigenvalue weighted by atomic mass is 32.2. The van der Waals surface area contributed by atoms with Crippen LogP contribution in [-0.2, 0) is 9.84 Å². The van der Waals surface area contributed by atoms with Crippen LogP contribution in [0.2, 0.25) is 0 Å². The molecule has 1 aliphatic heterocycles. The maximum Gasteiger partial charge on any atom is 0.178 e. The number of sulfone groups is 1. The van der Waals surface area contributed by atoms with Crippen LogP contribution in [0.15, 0.2) is 29.2 Å². The van der Waals surface area contributed by atoms with Crippen molar-refractivity contribution in [1.82, 2.24) is 5.32 Å². The van der Waals surface area contributed by atoms with Crippen molar-refractivity contribution in [3.63, 3.8) is 0 Å². The van der Waals surface area contributed by atoms with Gasteiger partial charge in [-0.3, -0.25) is 0 Å². The lowest BCUT2D eigenvalue weighted by molar-refractivity contribution is 0.378. The van der Waals surface area contributed by atoms with Gasteiger partial charge in [-0.1, -0.05) is 6.92 Å². The minimum absolute atomic E-state index is 0.220. The van der Waals surface area contributed by atoms with Gasteiger partial charge in [-0.05, 0) is 62.5 Å². The summed E-state index contributed by atoms with van der Waals surface area (Å²) in [6, 6.07) is 7.31. The lowest BCUT2D eigenvalue weighted by Crippen LogP contribution is -2.34. The molecular weight excluding hydrogens is 284 g/mol. The van der Waals surface area contributed by atoms with Crippen molar-refractivity contribution in [2.45, 2.75) is 31.1 Å². The summed E-state index contributed by atoms with van der Waals surface area (Å²) in [7, 11) is -1.03. The van der Waals surface area contributed by atoms with Crippen molar-refractivity contribution in [1.29, 1.82) is 0 Å². The molecular formula is C16H26N2O2S. The van der Waals surface area contributed by atoms with Gasteiger partial charge in [0.1, 0.15) is 0 Å². The van der Waals surface area contributed by atoms with Crippen molar-refractivity contribution in [2.75, 3.05) is 37.3 Å². The average Bonchev–Trinajstić information content (AvgIpc) is 2.48. The van der Waals surface area contributed by atoms with Gasteiger partial charge >= 0.3 is 0 Å². The Bertz CT molecular complexity index is 534. The third-order valence-corrected chi connectivity index (χ3v) is 6.04. The highest BCUT2D eigenvalue weighted by Gasteiger charge is 2.16. The molecule has 118 valence electrons. The van der Waals surface area contributed by atoms with Crippen molar-refractivity contribution in [3.8, 4) is 0 Å². The van der Waals surface area contributed by atoms with E-state index < -0.39 is 9.84 Å². The van der Waals surface area contributed by atoms with Crippen LogP contribution in [0.1, 0.15) is 26.2 Å². The molecule has 1 saturated heterocycles. The van der Waals surface area contributed by atoms with Crippen LogP contribution >= 0.6 is 0 Å². The number of anilines is 1. The molecule has 0 bridgehead atoms.